The standard InChI is InChI=1S/C14H18O2S/c1-11(2)9-10-17-13-6-3-12(4-7-13)5-8-14(15)16/h3-8,11H,9-10H2,1-2H3,(H,15,16). The van der Waals surface area contributed by atoms with Gasteiger partial charge in [0.1, 0.15) is 0 Å². The Bertz CT molecular complexity index is 380. The lowest BCUT2D eigenvalue weighted by Gasteiger charge is -2.04. The second-order valence-electron chi connectivity index (χ2n) is 4.27. The van der Waals surface area contributed by atoms with E-state index in [-0.39, 0.29) is 0 Å². The van der Waals surface area contributed by atoms with Gasteiger partial charge in [0, 0.05) is 11.0 Å². The molecule has 0 fully saturated rings. The summed E-state index contributed by atoms with van der Waals surface area (Å²) in [5.74, 6) is 0.947. The largest absolute Gasteiger partial charge is 0.478 e. The molecule has 1 N–H and O–H groups in total. The minimum absolute atomic E-state index is 0.736. The molecule has 17 heavy (non-hydrogen) atoms. The van der Waals surface area contributed by atoms with Crippen molar-refractivity contribution in [3.05, 3.63) is 35.9 Å². The van der Waals surface area contributed by atoms with Crippen LogP contribution in [0.4, 0.5) is 0 Å². The van der Waals surface area contributed by atoms with Crippen molar-refractivity contribution in [3.63, 3.8) is 0 Å². The zero-order valence-corrected chi connectivity index (χ0v) is 11.0. The maximum atomic E-state index is 10.4. The molecule has 1 aromatic rings. The van der Waals surface area contributed by atoms with Gasteiger partial charge in [0.2, 0.25) is 0 Å². The van der Waals surface area contributed by atoms with E-state index in [0.717, 1.165) is 23.3 Å². The molecule has 0 bridgehead atoms. The van der Waals surface area contributed by atoms with E-state index in [1.54, 1.807) is 6.08 Å². The second-order valence-corrected chi connectivity index (χ2v) is 5.44. The summed E-state index contributed by atoms with van der Waals surface area (Å²) in [4.78, 5) is 11.6. The third-order valence-electron chi connectivity index (χ3n) is 2.26. The van der Waals surface area contributed by atoms with Crippen LogP contribution in [0.3, 0.4) is 0 Å². The van der Waals surface area contributed by atoms with Gasteiger partial charge in [-0.1, -0.05) is 26.0 Å². The number of carboxylic acids is 1. The van der Waals surface area contributed by atoms with Gasteiger partial charge in [-0.3, -0.25) is 0 Å². The molecule has 1 aromatic carbocycles. The quantitative estimate of drug-likeness (QED) is 0.614. The van der Waals surface area contributed by atoms with Crippen molar-refractivity contribution in [1.29, 1.82) is 0 Å². The monoisotopic (exact) mass is 250 g/mol. The van der Waals surface area contributed by atoms with E-state index < -0.39 is 5.97 Å². The molecule has 0 unspecified atom stereocenters. The Morgan fingerprint density at radius 2 is 2.00 bits per heavy atom. The van der Waals surface area contributed by atoms with E-state index in [9.17, 15) is 4.79 Å². The second kappa shape index (κ2) is 7.17. The van der Waals surface area contributed by atoms with E-state index >= 15 is 0 Å². The minimum Gasteiger partial charge on any atom is -0.478 e. The van der Waals surface area contributed by atoms with Crippen molar-refractivity contribution in [2.45, 2.75) is 25.2 Å². The van der Waals surface area contributed by atoms with Gasteiger partial charge in [0.05, 0.1) is 0 Å². The minimum atomic E-state index is -0.916. The van der Waals surface area contributed by atoms with Gasteiger partial charge in [-0.05, 0) is 41.9 Å². The first-order chi connectivity index (χ1) is 8.08. The van der Waals surface area contributed by atoms with E-state index in [4.69, 9.17) is 5.11 Å². The number of thioether (sulfide) groups is 1. The van der Waals surface area contributed by atoms with Gasteiger partial charge in [0.15, 0.2) is 0 Å². The number of benzene rings is 1. The maximum absolute atomic E-state index is 10.4. The molecule has 0 aliphatic heterocycles. The van der Waals surface area contributed by atoms with E-state index in [2.05, 4.69) is 13.8 Å². The summed E-state index contributed by atoms with van der Waals surface area (Å²) in [5, 5.41) is 8.51. The number of aliphatic carboxylic acids is 1. The Hall–Kier alpha value is -1.22. The smallest absolute Gasteiger partial charge is 0.328 e. The van der Waals surface area contributed by atoms with Crippen LogP contribution in [0.1, 0.15) is 25.8 Å². The number of hydrogen-bond acceptors (Lipinski definition) is 2. The summed E-state index contributed by atoms with van der Waals surface area (Å²) < 4.78 is 0. The topological polar surface area (TPSA) is 37.3 Å². The number of rotatable bonds is 6. The molecule has 0 atom stereocenters. The van der Waals surface area contributed by atoms with Crippen molar-refractivity contribution in [3.8, 4) is 0 Å². The van der Waals surface area contributed by atoms with Crippen LogP contribution in [-0.4, -0.2) is 16.8 Å². The molecule has 92 valence electrons. The molecule has 0 aliphatic rings. The molecule has 0 aliphatic carbocycles. The van der Waals surface area contributed by atoms with Gasteiger partial charge in [-0.2, -0.15) is 0 Å². The highest BCUT2D eigenvalue weighted by atomic mass is 32.2. The van der Waals surface area contributed by atoms with E-state index in [1.165, 1.54) is 11.3 Å². The summed E-state index contributed by atoms with van der Waals surface area (Å²) in [7, 11) is 0. The highest BCUT2D eigenvalue weighted by Gasteiger charge is 1.97. The van der Waals surface area contributed by atoms with Crippen LogP contribution < -0.4 is 0 Å². The van der Waals surface area contributed by atoms with Gasteiger partial charge in [-0.15, -0.1) is 11.8 Å². The number of carboxylic acid groups (broad SMARTS) is 1. The molecule has 2 nitrogen and oxygen atoms in total. The van der Waals surface area contributed by atoms with Crippen LogP contribution >= 0.6 is 11.8 Å². The van der Waals surface area contributed by atoms with Gasteiger partial charge in [0.25, 0.3) is 0 Å². The van der Waals surface area contributed by atoms with Crippen molar-refractivity contribution in [2.24, 2.45) is 5.92 Å². The van der Waals surface area contributed by atoms with Crippen molar-refractivity contribution in [1.82, 2.24) is 0 Å². The molecule has 0 amide bonds. The summed E-state index contributed by atoms with van der Waals surface area (Å²) in [6.07, 6.45) is 3.97. The normalized spacial score (nSPS) is 11.2. The third kappa shape index (κ3) is 6.17. The average Bonchev–Trinajstić information content (AvgIpc) is 2.27. The Morgan fingerprint density at radius 3 is 2.53 bits per heavy atom. The van der Waals surface area contributed by atoms with Gasteiger partial charge in [-0.25, -0.2) is 4.79 Å². The van der Waals surface area contributed by atoms with E-state index in [1.807, 2.05) is 36.0 Å². The molecular weight excluding hydrogens is 232 g/mol. The summed E-state index contributed by atoms with van der Waals surface area (Å²) in [6, 6.07) is 7.95. The summed E-state index contributed by atoms with van der Waals surface area (Å²) in [6.45, 7) is 4.45. The molecule has 0 spiro atoms. The molecule has 0 aromatic heterocycles. The predicted octanol–water partition coefficient (Wildman–Crippen LogP) is 3.92. The van der Waals surface area contributed by atoms with Crippen LogP contribution in [0, 0.1) is 5.92 Å². The molecule has 0 radical (unpaired) electrons. The fraction of sp³-hybridized carbons (Fsp3) is 0.357. The van der Waals surface area contributed by atoms with Crippen LogP contribution in [0.5, 0.6) is 0 Å². The highest BCUT2D eigenvalue weighted by molar-refractivity contribution is 7.99. The van der Waals surface area contributed by atoms with Crippen molar-refractivity contribution < 1.29 is 9.90 Å². The fourth-order valence-corrected chi connectivity index (χ4v) is 2.41. The molecular formula is C14H18O2S. The van der Waals surface area contributed by atoms with E-state index in [0.29, 0.717) is 0 Å². The molecule has 0 heterocycles. The maximum Gasteiger partial charge on any atom is 0.328 e. The first-order valence-corrected chi connectivity index (χ1v) is 6.70. The van der Waals surface area contributed by atoms with Crippen LogP contribution in [-0.2, 0) is 4.79 Å². The highest BCUT2D eigenvalue weighted by Crippen LogP contribution is 2.21. The van der Waals surface area contributed by atoms with Gasteiger partial charge < -0.3 is 5.11 Å². The molecule has 3 heteroatoms. The molecule has 0 saturated heterocycles. The summed E-state index contributed by atoms with van der Waals surface area (Å²) in [5.41, 5.74) is 0.917. The zero-order valence-electron chi connectivity index (χ0n) is 10.2. The predicted molar refractivity (Wildman–Crippen MR) is 73.3 cm³/mol. The Labute approximate surface area is 107 Å². The Balaban J connectivity index is 2.47. The number of hydrogen-bond donors (Lipinski definition) is 1. The zero-order chi connectivity index (χ0) is 12.7. The lowest BCUT2D eigenvalue weighted by atomic mass is 10.2. The molecule has 0 saturated carbocycles. The summed E-state index contributed by atoms with van der Waals surface area (Å²) >= 11 is 1.84. The first-order valence-electron chi connectivity index (χ1n) is 5.72. The molecule has 1 rings (SSSR count). The Morgan fingerprint density at radius 1 is 1.35 bits per heavy atom. The SMILES string of the molecule is CC(C)CCSc1ccc(C=CC(=O)O)cc1. The van der Waals surface area contributed by atoms with Gasteiger partial charge >= 0.3 is 5.97 Å². The van der Waals surface area contributed by atoms with Crippen LogP contribution in [0.15, 0.2) is 35.2 Å². The lowest BCUT2D eigenvalue weighted by molar-refractivity contribution is -0.131. The van der Waals surface area contributed by atoms with Crippen molar-refractivity contribution in [2.75, 3.05) is 5.75 Å². The lowest BCUT2D eigenvalue weighted by Crippen LogP contribution is -1.89. The third-order valence-corrected chi connectivity index (χ3v) is 3.31. The van der Waals surface area contributed by atoms with Crippen molar-refractivity contribution >= 4 is 23.8 Å². The van der Waals surface area contributed by atoms with Crippen LogP contribution in [0.2, 0.25) is 0 Å². The first kappa shape index (κ1) is 13.8. The fourth-order valence-electron chi connectivity index (χ4n) is 1.26. The average molecular weight is 250 g/mol. The van der Waals surface area contributed by atoms with Crippen LogP contribution in [0.25, 0.3) is 6.08 Å². The number of carbonyl (C=O) groups is 1. The Kier molecular flexibility index (Phi) is 5.84.